The second-order valence-electron chi connectivity index (χ2n) is 12.2. The molecule has 0 radical (unpaired) electrons. The molecule has 2 aromatic heterocycles. The van der Waals surface area contributed by atoms with Crippen molar-refractivity contribution in [1.82, 2.24) is 25.2 Å². The number of aromatic nitrogens is 3. The monoisotopic (exact) mass is 582 g/mol. The Hall–Kier alpha value is -4.02. The van der Waals surface area contributed by atoms with E-state index in [1.807, 2.05) is 24.4 Å². The Labute approximate surface area is 251 Å². The summed E-state index contributed by atoms with van der Waals surface area (Å²) in [7, 11) is 3.57. The van der Waals surface area contributed by atoms with Gasteiger partial charge in [-0.25, -0.2) is 4.79 Å². The Balaban J connectivity index is 1.38. The van der Waals surface area contributed by atoms with Crippen LogP contribution in [0.2, 0.25) is 0 Å². The lowest BCUT2D eigenvalue weighted by molar-refractivity contribution is -0.148. The number of carbonyl (C=O) groups excluding carboxylic acids is 1. The number of aromatic hydroxyl groups is 1. The molecule has 0 saturated carbocycles. The predicted octanol–water partition coefficient (Wildman–Crippen LogP) is 4.07. The molecule has 3 saturated heterocycles. The van der Waals surface area contributed by atoms with Crippen molar-refractivity contribution < 1.29 is 19.4 Å². The molecule has 4 aromatic rings. The van der Waals surface area contributed by atoms with Gasteiger partial charge in [0, 0.05) is 42.5 Å². The van der Waals surface area contributed by atoms with Crippen LogP contribution in [0.1, 0.15) is 38.2 Å². The van der Waals surface area contributed by atoms with Crippen LogP contribution in [0.15, 0.2) is 42.6 Å². The lowest BCUT2D eigenvalue weighted by Gasteiger charge is -2.40. The number of nitrogens with zero attached hydrogens (tertiary/aromatic N) is 5. The number of fused-ring (bicyclic) bond motifs is 4. The van der Waals surface area contributed by atoms with E-state index >= 15 is 0 Å². The largest absolute Gasteiger partial charge is 0.508 e. The van der Waals surface area contributed by atoms with Crippen LogP contribution >= 0.6 is 0 Å². The Morgan fingerprint density at radius 2 is 2.05 bits per heavy atom. The first-order valence-electron chi connectivity index (χ1n) is 15.2. The van der Waals surface area contributed by atoms with E-state index in [0.717, 1.165) is 70.1 Å². The third-order valence-electron chi connectivity index (χ3n) is 9.51. The van der Waals surface area contributed by atoms with E-state index in [9.17, 15) is 9.90 Å². The molecule has 3 fully saturated rings. The number of anilines is 1. The maximum absolute atomic E-state index is 13.0. The van der Waals surface area contributed by atoms with E-state index in [-0.39, 0.29) is 17.8 Å². The molecule has 0 aliphatic carbocycles. The van der Waals surface area contributed by atoms with Gasteiger partial charge in [-0.15, -0.1) is 0 Å². The third-order valence-corrected chi connectivity index (χ3v) is 9.51. The normalized spacial score (nSPS) is 23.7. The molecule has 5 heterocycles. The quantitative estimate of drug-likeness (QED) is 0.309. The maximum Gasteiger partial charge on any atom is 0.327 e. The second-order valence-corrected chi connectivity index (χ2v) is 12.2. The van der Waals surface area contributed by atoms with Gasteiger partial charge in [0.25, 0.3) is 0 Å². The summed E-state index contributed by atoms with van der Waals surface area (Å²) in [4.78, 5) is 32.4. The van der Waals surface area contributed by atoms with Crippen molar-refractivity contribution in [3.63, 3.8) is 0 Å². The molecule has 2 bridgehead atoms. The molecule has 2 aromatic carbocycles. The first-order chi connectivity index (χ1) is 20.9. The van der Waals surface area contributed by atoms with Crippen molar-refractivity contribution in [2.45, 2.75) is 56.7 Å². The standard InChI is InChI=1S/C33H38N6O4/c1-4-24-28(26-15-23(40)14-20-8-5-6-10-25(20)26)34-16-27-29(24)35-32(43-18-22-9-7-13-38(22)2)36-30(27)39-17-21-11-12-33(19-39,37-21)31(41)42-3/h5-6,8,10,14-16,21-22,37,40H,4,7,9,11-13,17-19H2,1-3H3/t21?,22-,33?/m0/s1. The highest BCUT2D eigenvalue weighted by Gasteiger charge is 2.51. The van der Waals surface area contributed by atoms with Gasteiger partial charge in [0.2, 0.25) is 0 Å². The van der Waals surface area contributed by atoms with Crippen molar-refractivity contribution in [3.05, 3.63) is 48.2 Å². The van der Waals surface area contributed by atoms with Gasteiger partial charge in [0.1, 0.15) is 23.7 Å². The molecule has 2 unspecified atom stereocenters. The first-order valence-corrected chi connectivity index (χ1v) is 15.2. The molecule has 224 valence electrons. The van der Waals surface area contributed by atoms with Crippen LogP contribution in [-0.2, 0) is 16.0 Å². The van der Waals surface area contributed by atoms with E-state index in [0.29, 0.717) is 44.6 Å². The van der Waals surface area contributed by atoms with Gasteiger partial charge in [-0.2, -0.15) is 9.97 Å². The molecular weight excluding hydrogens is 544 g/mol. The number of likely N-dealkylation sites (N-methyl/N-ethyl adjacent to an activating group) is 1. The summed E-state index contributed by atoms with van der Waals surface area (Å²) in [6, 6.07) is 12.3. The van der Waals surface area contributed by atoms with Crippen LogP contribution in [-0.4, -0.2) is 88.9 Å². The van der Waals surface area contributed by atoms with Gasteiger partial charge < -0.3 is 24.4 Å². The number of likely N-dealkylation sites (tertiary alicyclic amines) is 1. The highest BCUT2D eigenvalue weighted by atomic mass is 16.5. The lowest BCUT2D eigenvalue weighted by atomic mass is 9.95. The number of aryl methyl sites for hydroxylation is 1. The van der Waals surface area contributed by atoms with Gasteiger partial charge >= 0.3 is 12.0 Å². The highest BCUT2D eigenvalue weighted by Crippen LogP contribution is 2.40. The summed E-state index contributed by atoms with van der Waals surface area (Å²) in [5.41, 5.74) is 2.59. The molecule has 3 aliphatic rings. The number of phenols is 1. The maximum atomic E-state index is 13.0. The molecule has 10 nitrogen and oxygen atoms in total. The minimum absolute atomic E-state index is 0.144. The fourth-order valence-corrected chi connectivity index (χ4v) is 7.29. The zero-order chi connectivity index (χ0) is 29.7. The lowest BCUT2D eigenvalue weighted by Crippen LogP contribution is -2.64. The Bertz CT molecular complexity index is 1710. The van der Waals surface area contributed by atoms with E-state index in [1.165, 1.54) is 7.11 Å². The highest BCUT2D eigenvalue weighted by molar-refractivity contribution is 6.01. The van der Waals surface area contributed by atoms with Crippen molar-refractivity contribution in [2.75, 3.05) is 45.3 Å². The number of rotatable bonds is 7. The molecule has 7 rings (SSSR count). The summed E-state index contributed by atoms with van der Waals surface area (Å²) in [5, 5.41) is 16.9. The van der Waals surface area contributed by atoms with Gasteiger partial charge in [-0.05, 0) is 68.6 Å². The van der Waals surface area contributed by atoms with Crippen molar-refractivity contribution in [3.8, 4) is 23.0 Å². The van der Waals surface area contributed by atoms with Gasteiger partial charge in [-0.3, -0.25) is 10.3 Å². The van der Waals surface area contributed by atoms with Crippen molar-refractivity contribution >= 4 is 33.5 Å². The molecule has 0 amide bonds. The fraction of sp³-hybridized carbons (Fsp3) is 0.455. The van der Waals surface area contributed by atoms with Crippen LogP contribution in [0, 0.1) is 0 Å². The third kappa shape index (κ3) is 4.82. The number of ether oxygens (including phenoxy) is 2. The van der Waals surface area contributed by atoms with Crippen molar-refractivity contribution in [2.24, 2.45) is 0 Å². The minimum Gasteiger partial charge on any atom is -0.508 e. The number of nitrogens with one attached hydrogen (secondary N) is 1. The number of piperazine rings is 1. The molecule has 3 atom stereocenters. The molecular formula is C33H38N6O4. The zero-order valence-electron chi connectivity index (χ0n) is 25.0. The van der Waals surface area contributed by atoms with Gasteiger partial charge in [0.05, 0.1) is 23.7 Å². The summed E-state index contributed by atoms with van der Waals surface area (Å²) in [5.74, 6) is 0.662. The summed E-state index contributed by atoms with van der Waals surface area (Å²) < 4.78 is 11.6. The summed E-state index contributed by atoms with van der Waals surface area (Å²) in [6.45, 7) is 4.80. The average molecular weight is 583 g/mol. The van der Waals surface area contributed by atoms with E-state index < -0.39 is 5.54 Å². The Morgan fingerprint density at radius 3 is 2.84 bits per heavy atom. The molecule has 43 heavy (non-hydrogen) atoms. The van der Waals surface area contributed by atoms with Crippen LogP contribution < -0.4 is 15.0 Å². The SMILES string of the molecule is CCc1c(-c2cc(O)cc3ccccc23)ncc2c(N3CC4CCC(C(=O)OC)(C3)N4)nc(OC[C@@H]3CCCN3C)nc12. The van der Waals surface area contributed by atoms with Crippen LogP contribution in [0.25, 0.3) is 32.9 Å². The predicted molar refractivity (Wildman–Crippen MR) is 166 cm³/mol. The van der Waals surface area contributed by atoms with Crippen LogP contribution in [0.4, 0.5) is 5.82 Å². The van der Waals surface area contributed by atoms with E-state index in [1.54, 1.807) is 12.1 Å². The average Bonchev–Trinajstić information content (AvgIpc) is 3.58. The minimum atomic E-state index is -0.774. The summed E-state index contributed by atoms with van der Waals surface area (Å²) in [6.07, 6.45) is 6.34. The topological polar surface area (TPSA) is 113 Å². The van der Waals surface area contributed by atoms with Crippen LogP contribution in [0.3, 0.4) is 0 Å². The molecule has 0 spiro atoms. The first kappa shape index (κ1) is 27.8. The van der Waals surface area contributed by atoms with E-state index in [2.05, 4.69) is 35.2 Å². The second kappa shape index (κ2) is 10.9. The number of phenolic OH excluding ortho intramolecular Hbond substituents is 1. The molecule has 3 aliphatic heterocycles. The smallest absolute Gasteiger partial charge is 0.327 e. The number of pyridine rings is 1. The number of benzene rings is 2. The Kier molecular flexibility index (Phi) is 7.05. The number of hydrogen-bond acceptors (Lipinski definition) is 10. The summed E-state index contributed by atoms with van der Waals surface area (Å²) >= 11 is 0. The zero-order valence-corrected chi connectivity index (χ0v) is 25.0. The number of methoxy groups -OCH3 is 1. The fourth-order valence-electron chi connectivity index (χ4n) is 7.29. The molecule has 10 heteroatoms. The van der Waals surface area contributed by atoms with Crippen molar-refractivity contribution in [1.29, 1.82) is 0 Å². The number of esters is 1. The van der Waals surface area contributed by atoms with Crippen LogP contribution in [0.5, 0.6) is 11.8 Å². The van der Waals surface area contributed by atoms with Gasteiger partial charge in [0.15, 0.2) is 0 Å². The Morgan fingerprint density at radius 1 is 1.19 bits per heavy atom. The van der Waals surface area contributed by atoms with Gasteiger partial charge in [-0.1, -0.05) is 31.2 Å². The number of hydrogen-bond donors (Lipinski definition) is 2. The van der Waals surface area contributed by atoms with E-state index in [4.69, 9.17) is 24.4 Å². The molecule has 2 N–H and O–H groups in total. The number of carbonyl (C=O) groups is 1.